The Hall–Kier alpha value is -0.900. The summed E-state index contributed by atoms with van der Waals surface area (Å²) in [4.78, 5) is 20.9. The molecule has 0 saturated carbocycles. The molecule has 0 aliphatic heterocycles. The van der Waals surface area contributed by atoms with Gasteiger partial charge in [-0.3, -0.25) is 4.79 Å². The molecule has 0 saturated heterocycles. The second-order valence-electron chi connectivity index (χ2n) is 3.10. The number of unbranched alkanes of at least 4 members (excludes halogenated alkanes) is 3. The molecule has 4 heteroatoms. The zero-order valence-electron chi connectivity index (χ0n) is 8.08. The molecule has 0 fully saturated rings. The summed E-state index contributed by atoms with van der Waals surface area (Å²) in [5.41, 5.74) is 5.34. The fraction of sp³-hybridized carbons (Fsp3) is 0.778. The molecular weight excluding hydrogens is 168 g/mol. The van der Waals surface area contributed by atoms with Crippen molar-refractivity contribution in [3.63, 3.8) is 0 Å². The first-order valence-electron chi connectivity index (χ1n) is 4.65. The van der Waals surface area contributed by atoms with E-state index in [1.807, 2.05) is 0 Å². The average Bonchev–Trinajstić information content (AvgIpc) is 2.10. The number of nitrogens with one attached hydrogen (secondary N) is 1. The largest absolute Gasteiger partial charge is 0.355 e. The molecule has 0 radical (unpaired) electrons. The van der Waals surface area contributed by atoms with Crippen LogP contribution in [0.15, 0.2) is 0 Å². The van der Waals surface area contributed by atoms with E-state index in [-0.39, 0.29) is 5.91 Å². The maximum Gasteiger partial charge on any atom is 0.236 e. The molecule has 0 unspecified atom stereocenters. The van der Waals surface area contributed by atoms with Crippen LogP contribution in [0, 0.1) is 0 Å². The predicted octanol–water partition coefficient (Wildman–Crippen LogP) is 0.209. The van der Waals surface area contributed by atoms with Crippen LogP contribution in [0.1, 0.15) is 32.6 Å². The summed E-state index contributed by atoms with van der Waals surface area (Å²) >= 11 is 0. The van der Waals surface area contributed by atoms with Crippen molar-refractivity contribution in [3.8, 4) is 0 Å². The highest BCUT2D eigenvalue weighted by Crippen LogP contribution is 1.96. The van der Waals surface area contributed by atoms with Crippen molar-refractivity contribution in [1.82, 2.24) is 5.32 Å². The highest BCUT2D eigenvalue weighted by Gasteiger charge is 2.04. The maximum atomic E-state index is 10.9. The summed E-state index contributed by atoms with van der Waals surface area (Å²) in [6, 6.07) is -0.435. The zero-order chi connectivity index (χ0) is 10.1. The van der Waals surface area contributed by atoms with Gasteiger partial charge in [-0.2, -0.15) is 0 Å². The third-order valence-electron chi connectivity index (χ3n) is 1.71. The molecule has 1 amide bonds. The molecular formula is C9H18N2O2. The van der Waals surface area contributed by atoms with Gasteiger partial charge in [-0.25, -0.2) is 0 Å². The van der Waals surface area contributed by atoms with E-state index in [4.69, 9.17) is 5.73 Å². The molecule has 76 valence electrons. The highest BCUT2D eigenvalue weighted by atomic mass is 16.2. The first-order chi connectivity index (χ1) is 6.18. The van der Waals surface area contributed by atoms with E-state index >= 15 is 0 Å². The van der Waals surface area contributed by atoms with E-state index in [0.717, 1.165) is 25.5 Å². The van der Waals surface area contributed by atoms with Crippen molar-refractivity contribution >= 4 is 12.2 Å². The standard InChI is InChI=1S/C9H18N2O2/c1-8(10)9(13)11-6-4-2-3-5-7-12/h7-8H,2-6,10H2,1H3,(H,11,13)/t8-/m0/s1. The van der Waals surface area contributed by atoms with Crippen molar-refractivity contribution in [2.45, 2.75) is 38.6 Å². The number of amides is 1. The summed E-state index contributed by atoms with van der Waals surface area (Å²) in [6.07, 6.45) is 4.31. The molecule has 0 rings (SSSR count). The van der Waals surface area contributed by atoms with Crippen LogP contribution in [0.4, 0.5) is 0 Å². The van der Waals surface area contributed by atoms with E-state index in [1.54, 1.807) is 6.92 Å². The van der Waals surface area contributed by atoms with E-state index in [2.05, 4.69) is 5.32 Å². The molecule has 0 spiro atoms. The Labute approximate surface area is 78.9 Å². The van der Waals surface area contributed by atoms with Gasteiger partial charge in [0.25, 0.3) is 0 Å². The molecule has 0 aromatic rings. The maximum absolute atomic E-state index is 10.9. The van der Waals surface area contributed by atoms with E-state index in [1.165, 1.54) is 0 Å². The smallest absolute Gasteiger partial charge is 0.236 e. The SMILES string of the molecule is C[C@H](N)C(=O)NCCCCCC=O. The topological polar surface area (TPSA) is 72.2 Å². The summed E-state index contributed by atoms with van der Waals surface area (Å²) in [5.74, 6) is -0.115. The molecule has 3 N–H and O–H groups in total. The second kappa shape index (κ2) is 7.73. The zero-order valence-corrected chi connectivity index (χ0v) is 8.08. The Kier molecular flexibility index (Phi) is 7.20. The Morgan fingerprint density at radius 2 is 2.15 bits per heavy atom. The minimum Gasteiger partial charge on any atom is -0.355 e. The number of carbonyl (C=O) groups is 2. The monoisotopic (exact) mass is 186 g/mol. The normalized spacial score (nSPS) is 12.2. The number of aldehydes is 1. The van der Waals surface area contributed by atoms with E-state index in [0.29, 0.717) is 13.0 Å². The highest BCUT2D eigenvalue weighted by molar-refractivity contribution is 5.80. The molecule has 0 aromatic carbocycles. The third-order valence-corrected chi connectivity index (χ3v) is 1.71. The van der Waals surface area contributed by atoms with Crippen molar-refractivity contribution in [3.05, 3.63) is 0 Å². The van der Waals surface area contributed by atoms with Crippen molar-refractivity contribution in [2.75, 3.05) is 6.54 Å². The van der Waals surface area contributed by atoms with Crippen molar-refractivity contribution < 1.29 is 9.59 Å². The summed E-state index contributed by atoms with van der Waals surface area (Å²) in [5, 5.41) is 2.71. The van der Waals surface area contributed by atoms with Gasteiger partial charge >= 0.3 is 0 Å². The number of hydrogen-bond donors (Lipinski definition) is 2. The summed E-state index contributed by atoms with van der Waals surface area (Å²) in [6.45, 7) is 2.31. The minimum atomic E-state index is -0.435. The lowest BCUT2D eigenvalue weighted by Gasteiger charge is -2.06. The van der Waals surface area contributed by atoms with Gasteiger partial charge in [-0.05, 0) is 19.8 Å². The molecule has 0 heterocycles. The summed E-state index contributed by atoms with van der Waals surface area (Å²) < 4.78 is 0. The van der Waals surface area contributed by atoms with Crippen LogP contribution in [-0.2, 0) is 9.59 Å². The van der Waals surface area contributed by atoms with E-state index in [9.17, 15) is 9.59 Å². The Balaban J connectivity index is 3.16. The number of rotatable bonds is 7. The lowest BCUT2D eigenvalue weighted by Crippen LogP contribution is -2.38. The molecule has 0 aromatic heterocycles. The van der Waals surface area contributed by atoms with Crippen LogP contribution in [0.5, 0.6) is 0 Å². The van der Waals surface area contributed by atoms with Crippen LogP contribution in [-0.4, -0.2) is 24.8 Å². The average molecular weight is 186 g/mol. The van der Waals surface area contributed by atoms with Crippen LogP contribution in [0.2, 0.25) is 0 Å². The first-order valence-corrected chi connectivity index (χ1v) is 4.65. The van der Waals surface area contributed by atoms with Crippen molar-refractivity contribution in [2.24, 2.45) is 5.73 Å². The molecule has 0 aliphatic carbocycles. The molecule has 0 bridgehead atoms. The molecule has 1 atom stereocenters. The van der Waals surface area contributed by atoms with Gasteiger partial charge in [0.1, 0.15) is 6.29 Å². The Bertz CT molecular complexity index is 158. The number of nitrogens with two attached hydrogens (primary N) is 1. The van der Waals surface area contributed by atoms with Crippen LogP contribution in [0.3, 0.4) is 0 Å². The van der Waals surface area contributed by atoms with E-state index < -0.39 is 6.04 Å². The van der Waals surface area contributed by atoms with Gasteiger partial charge in [0, 0.05) is 13.0 Å². The number of carbonyl (C=O) groups excluding carboxylic acids is 2. The third kappa shape index (κ3) is 7.46. The lowest BCUT2D eigenvalue weighted by molar-refractivity contribution is -0.122. The lowest BCUT2D eigenvalue weighted by atomic mass is 10.2. The van der Waals surface area contributed by atoms with Gasteiger partial charge in [0.15, 0.2) is 0 Å². The molecule has 4 nitrogen and oxygen atoms in total. The van der Waals surface area contributed by atoms with Gasteiger partial charge in [0.05, 0.1) is 6.04 Å². The predicted molar refractivity (Wildman–Crippen MR) is 51.2 cm³/mol. The van der Waals surface area contributed by atoms with Gasteiger partial charge in [-0.1, -0.05) is 6.42 Å². The van der Waals surface area contributed by atoms with Crippen molar-refractivity contribution in [1.29, 1.82) is 0 Å². The van der Waals surface area contributed by atoms with Crippen LogP contribution in [0.25, 0.3) is 0 Å². The second-order valence-corrected chi connectivity index (χ2v) is 3.10. The fourth-order valence-corrected chi connectivity index (χ4v) is 0.902. The minimum absolute atomic E-state index is 0.115. The van der Waals surface area contributed by atoms with Gasteiger partial charge < -0.3 is 15.8 Å². The van der Waals surface area contributed by atoms with Gasteiger partial charge in [-0.15, -0.1) is 0 Å². The van der Waals surface area contributed by atoms with Crippen LogP contribution >= 0.6 is 0 Å². The molecule has 13 heavy (non-hydrogen) atoms. The van der Waals surface area contributed by atoms with Crippen LogP contribution < -0.4 is 11.1 Å². The Morgan fingerprint density at radius 1 is 1.46 bits per heavy atom. The van der Waals surface area contributed by atoms with Gasteiger partial charge in [0.2, 0.25) is 5.91 Å². The fourth-order valence-electron chi connectivity index (χ4n) is 0.902. The summed E-state index contributed by atoms with van der Waals surface area (Å²) in [7, 11) is 0. The Morgan fingerprint density at radius 3 is 2.69 bits per heavy atom. The first kappa shape index (κ1) is 12.1. The quantitative estimate of drug-likeness (QED) is 0.441. The molecule has 0 aliphatic rings. The number of hydrogen-bond acceptors (Lipinski definition) is 3.